The molecule has 1 aliphatic rings. The SMILES string of the molecule is COc1ccc(-n2c(SCC(=O)Nc3cc(C)on3)nc3c(c2=O)SC(C)C3)cc1. The number of rotatable bonds is 6. The van der Waals surface area contributed by atoms with Crippen LogP contribution in [0, 0.1) is 6.92 Å². The average Bonchev–Trinajstić information content (AvgIpc) is 3.31. The molecular formula is C20H20N4O4S2. The number of nitrogens with one attached hydrogen (secondary N) is 1. The van der Waals surface area contributed by atoms with Crippen molar-refractivity contribution < 1.29 is 14.1 Å². The fourth-order valence-corrected chi connectivity index (χ4v) is 5.02. The Balaban J connectivity index is 1.63. The van der Waals surface area contributed by atoms with Crippen molar-refractivity contribution in [2.45, 2.75) is 35.6 Å². The third-order valence-electron chi connectivity index (χ3n) is 4.44. The van der Waals surface area contributed by atoms with Crippen LogP contribution in [0.4, 0.5) is 5.82 Å². The Morgan fingerprint density at radius 2 is 2.17 bits per heavy atom. The number of carbonyl (C=O) groups excluding carboxylic acids is 1. The monoisotopic (exact) mass is 444 g/mol. The maximum absolute atomic E-state index is 13.3. The zero-order valence-corrected chi connectivity index (χ0v) is 18.3. The number of benzene rings is 1. The highest BCUT2D eigenvalue weighted by Gasteiger charge is 2.27. The Bertz CT molecular complexity index is 1140. The molecule has 2 aromatic heterocycles. The van der Waals surface area contributed by atoms with Gasteiger partial charge in [0, 0.05) is 17.7 Å². The van der Waals surface area contributed by atoms with Crippen molar-refractivity contribution in [2.75, 3.05) is 18.2 Å². The molecule has 1 amide bonds. The normalized spacial score (nSPS) is 15.1. The topological polar surface area (TPSA) is 99.2 Å². The van der Waals surface area contributed by atoms with Crippen LogP contribution in [0.5, 0.6) is 5.75 Å². The molecule has 8 nitrogen and oxygen atoms in total. The lowest BCUT2D eigenvalue weighted by Crippen LogP contribution is -2.24. The Kier molecular flexibility index (Phi) is 5.87. The fourth-order valence-electron chi connectivity index (χ4n) is 3.09. The fraction of sp³-hybridized carbons (Fsp3) is 0.300. The lowest BCUT2D eigenvalue weighted by atomic mass is 10.2. The van der Waals surface area contributed by atoms with Crippen LogP contribution < -0.4 is 15.6 Å². The van der Waals surface area contributed by atoms with Crippen molar-refractivity contribution >= 4 is 35.2 Å². The summed E-state index contributed by atoms with van der Waals surface area (Å²) < 4.78 is 11.7. The van der Waals surface area contributed by atoms with Crippen molar-refractivity contribution in [1.29, 1.82) is 0 Å². The van der Waals surface area contributed by atoms with Crippen LogP contribution in [0.3, 0.4) is 0 Å². The number of anilines is 1. The van der Waals surface area contributed by atoms with Gasteiger partial charge in [0.05, 0.1) is 29.1 Å². The molecule has 0 fully saturated rings. The molecule has 0 spiro atoms. The first-order chi connectivity index (χ1) is 14.4. The van der Waals surface area contributed by atoms with Crippen LogP contribution in [-0.4, -0.2) is 38.7 Å². The second kappa shape index (κ2) is 8.57. The lowest BCUT2D eigenvalue weighted by Gasteiger charge is -2.14. The van der Waals surface area contributed by atoms with Gasteiger partial charge in [-0.05, 0) is 31.2 Å². The number of hydrogen-bond donors (Lipinski definition) is 1. The summed E-state index contributed by atoms with van der Waals surface area (Å²) in [5.41, 5.74) is 1.35. The van der Waals surface area contributed by atoms with Gasteiger partial charge in [-0.3, -0.25) is 14.2 Å². The van der Waals surface area contributed by atoms with E-state index in [0.717, 1.165) is 12.1 Å². The van der Waals surface area contributed by atoms with Gasteiger partial charge in [-0.25, -0.2) is 4.98 Å². The Labute approximate surface area is 181 Å². The van der Waals surface area contributed by atoms with Crippen LogP contribution in [0.2, 0.25) is 0 Å². The van der Waals surface area contributed by atoms with Crippen molar-refractivity contribution in [3.63, 3.8) is 0 Å². The minimum Gasteiger partial charge on any atom is -0.497 e. The van der Waals surface area contributed by atoms with Gasteiger partial charge in [0.25, 0.3) is 5.56 Å². The van der Waals surface area contributed by atoms with E-state index < -0.39 is 0 Å². The molecule has 0 bridgehead atoms. The van der Waals surface area contributed by atoms with Gasteiger partial charge >= 0.3 is 0 Å². The number of amides is 1. The van der Waals surface area contributed by atoms with E-state index in [0.29, 0.717) is 38.3 Å². The number of ether oxygens (including phenoxy) is 1. The van der Waals surface area contributed by atoms with Gasteiger partial charge < -0.3 is 14.6 Å². The first-order valence-electron chi connectivity index (χ1n) is 9.27. The maximum Gasteiger partial charge on any atom is 0.272 e. The van der Waals surface area contributed by atoms with Crippen molar-refractivity contribution in [3.05, 3.63) is 52.1 Å². The number of aromatic nitrogens is 3. The molecule has 4 rings (SSSR count). The lowest BCUT2D eigenvalue weighted by molar-refractivity contribution is -0.113. The summed E-state index contributed by atoms with van der Waals surface area (Å²) >= 11 is 2.75. The maximum atomic E-state index is 13.3. The van der Waals surface area contributed by atoms with E-state index >= 15 is 0 Å². The van der Waals surface area contributed by atoms with Crippen LogP contribution in [-0.2, 0) is 11.2 Å². The number of methoxy groups -OCH3 is 1. The summed E-state index contributed by atoms with van der Waals surface area (Å²) in [6.45, 7) is 3.82. The third kappa shape index (κ3) is 4.24. The first kappa shape index (κ1) is 20.5. The molecule has 0 aliphatic carbocycles. The standard InChI is InChI=1S/C20H20N4O4S2/c1-11-8-16(23-28-11)22-17(25)10-29-20-21-15-9-12(2)30-18(15)19(26)24(20)13-4-6-14(27-3)7-5-13/h4-8,12H,9-10H2,1-3H3,(H,22,23,25). The van der Waals surface area contributed by atoms with Crippen LogP contribution in [0.1, 0.15) is 18.4 Å². The molecule has 1 atom stereocenters. The number of thioether (sulfide) groups is 2. The molecule has 30 heavy (non-hydrogen) atoms. The van der Waals surface area contributed by atoms with Crippen molar-refractivity contribution in [1.82, 2.24) is 14.7 Å². The number of carbonyl (C=O) groups is 1. The Hall–Kier alpha value is -2.72. The molecule has 0 radical (unpaired) electrons. The van der Waals surface area contributed by atoms with E-state index in [-0.39, 0.29) is 17.2 Å². The second-order valence-corrected chi connectivity index (χ2v) is 9.19. The molecule has 0 saturated carbocycles. The zero-order valence-electron chi connectivity index (χ0n) is 16.7. The second-order valence-electron chi connectivity index (χ2n) is 6.80. The van der Waals surface area contributed by atoms with Crippen LogP contribution in [0.15, 0.2) is 49.7 Å². The van der Waals surface area contributed by atoms with Crippen LogP contribution >= 0.6 is 23.5 Å². The summed E-state index contributed by atoms with van der Waals surface area (Å²) in [5, 5.41) is 7.21. The molecule has 3 heterocycles. The zero-order chi connectivity index (χ0) is 21.3. The van der Waals surface area contributed by atoms with Gasteiger partial charge in [0.1, 0.15) is 11.5 Å². The van der Waals surface area contributed by atoms with E-state index in [1.54, 1.807) is 60.7 Å². The van der Waals surface area contributed by atoms with Gasteiger partial charge in [0.15, 0.2) is 11.0 Å². The van der Waals surface area contributed by atoms with E-state index in [1.165, 1.54) is 11.8 Å². The highest BCUT2D eigenvalue weighted by atomic mass is 32.2. The third-order valence-corrected chi connectivity index (χ3v) is 6.59. The summed E-state index contributed by atoms with van der Waals surface area (Å²) in [5.74, 6) is 1.49. The summed E-state index contributed by atoms with van der Waals surface area (Å²) in [6, 6.07) is 8.83. The number of hydrogen-bond acceptors (Lipinski definition) is 8. The molecule has 3 aromatic rings. The van der Waals surface area contributed by atoms with Gasteiger partial charge in [-0.1, -0.05) is 23.8 Å². The molecule has 1 N–H and O–H groups in total. The minimum absolute atomic E-state index is 0.0794. The van der Waals surface area contributed by atoms with Gasteiger partial charge in [-0.15, -0.1) is 11.8 Å². The smallest absolute Gasteiger partial charge is 0.272 e. The van der Waals surface area contributed by atoms with E-state index in [9.17, 15) is 9.59 Å². The number of fused-ring (bicyclic) bond motifs is 1. The molecule has 1 aliphatic heterocycles. The predicted octanol–water partition coefficient (Wildman–Crippen LogP) is 3.31. The molecule has 0 saturated heterocycles. The number of nitrogens with zero attached hydrogens (tertiary/aromatic N) is 3. The largest absolute Gasteiger partial charge is 0.497 e. The highest BCUT2D eigenvalue weighted by molar-refractivity contribution is 8.00. The van der Waals surface area contributed by atoms with E-state index in [2.05, 4.69) is 17.4 Å². The summed E-state index contributed by atoms with van der Waals surface area (Å²) in [6.07, 6.45) is 0.733. The quantitative estimate of drug-likeness (QED) is 0.457. The van der Waals surface area contributed by atoms with E-state index in [4.69, 9.17) is 14.2 Å². The van der Waals surface area contributed by atoms with Crippen LogP contribution in [0.25, 0.3) is 5.69 Å². The van der Waals surface area contributed by atoms with E-state index in [1.807, 2.05) is 0 Å². The van der Waals surface area contributed by atoms with Crippen molar-refractivity contribution in [2.24, 2.45) is 0 Å². The molecular weight excluding hydrogens is 424 g/mol. The van der Waals surface area contributed by atoms with Crippen molar-refractivity contribution in [3.8, 4) is 11.4 Å². The predicted molar refractivity (Wildman–Crippen MR) is 116 cm³/mol. The molecule has 156 valence electrons. The highest BCUT2D eigenvalue weighted by Crippen LogP contribution is 2.35. The summed E-state index contributed by atoms with van der Waals surface area (Å²) in [4.78, 5) is 31.0. The van der Waals surface area contributed by atoms with Gasteiger partial charge in [0.2, 0.25) is 5.91 Å². The first-order valence-corrected chi connectivity index (χ1v) is 11.1. The molecule has 1 aromatic carbocycles. The average molecular weight is 445 g/mol. The Morgan fingerprint density at radius 3 is 2.83 bits per heavy atom. The summed E-state index contributed by atoms with van der Waals surface area (Å²) in [7, 11) is 1.59. The molecule has 1 unspecified atom stereocenters. The van der Waals surface area contributed by atoms with Gasteiger partial charge in [-0.2, -0.15) is 0 Å². The Morgan fingerprint density at radius 1 is 1.40 bits per heavy atom. The number of aryl methyl sites for hydroxylation is 1. The molecule has 10 heteroatoms. The minimum atomic E-state index is -0.257.